The fraction of sp³-hybridized carbons (Fsp3) is 0.125. The Morgan fingerprint density at radius 3 is 3.00 bits per heavy atom. The minimum Gasteiger partial charge on any atom is -0.316 e. The molecule has 0 saturated heterocycles. The predicted molar refractivity (Wildman–Crippen MR) is 95.4 cm³/mol. The zero-order valence-corrected chi connectivity index (χ0v) is 14.3. The van der Waals surface area contributed by atoms with Crippen molar-refractivity contribution in [3.63, 3.8) is 0 Å². The Bertz CT molecular complexity index is 1020. The lowest BCUT2D eigenvalue weighted by molar-refractivity contribution is -0.113. The normalized spacial score (nSPS) is 10.5. The second-order valence-corrected chi connectivity index (χ2v) is 6.75. The largest absolute Gasteiger partial charge is 0.316 e. The van der Waals surface area contributed by atoms with E-state index in [2.05, 4.69) is 10.3 Å². The van der Waals surface area contributed by atoms with E-state index < -0.39 is 0 Å². The molecule has 120 valence electrons. The van der Waals surface area contributed by atoms with Crippen molar-refractivity contribution in [3.8, 4) is 6.07 Å². The number of fused-ring (bicyclic) bond motifs is 1. The van der Waals surface area contributed by atoms with Crippen molar-refractivity contribution in [2.75, 3.05) is 11.1 Å². The molecule has 0 fully saturated rings. The lowest BCUT2D eigenvalue weighted by Gasteiger charge is -2.08. The van der Waals surface area contributed by atoms with Crippen LogP contribution in [0.3, 0.4) is 0 Å². The van der Waals surface area contributed by atoms with Crippen molar-refractivity contribution < 1.29 is 4.79 Å². The number of thioether (sulfide) groups is 1. The number of anilines is 1. The maximum absolute atomic E-state index is 12.3. The fourth-order valence-corrected chi connectivity index (χ4v) is 3.64. The summed E-state index contributed by atoms with van der Waals surface area (Å²) in [5, 5.41) is 14.9. The molecule has 0 bridgehead atoms. The summed E-state index contributed by atoms with van der Waals surface area (Å²) in [5.41, 5.74) is 0.900. The Morgan fingerprint density at radius 1 is 1.42 bits per heavy atom. The van der Waals surface area contributed by atoms with E-state index in [1.54, 1.807) is 36.7 Å². The third-order valence-electron chi connectivity index (χ3n) is 3.31. The number of nitrogens with one attached hydrogen (secondary N) is 1. The Balaban J connectivity index is 1.76. The number of rotatable bonds is 4. The van der Waals surface area contributed by atoms with Gasteiger partial charge in [0.25, 0.3) is 5.56 Å². The summed E-state index contributed by atoms with van der Waals surface area (Å²) >= 11 is 2.48. The average molecular weight is 356 g/mol. The highest BCUT2D eigenvalue weighted by Crippen LogP contribution is 2.23. The van der Waals surface area contributed by atoms with Gasteiger partial charge in [0.15, 0.2) is 5.16 Å². The van der Waals surface area contributed by atoms with E-state index in [1.807, 2.05) is 12.1 Å². The summed E-state index contributed by atoms with van der Waals surface area (Å²) in [6.07, 6.45) is 0. The van der Waals surface area contributed by atoms with Crippen LogP contribution in [-0.4, -0.2) is 21.2 Å². The molecule has 0 radical (unpaired) electrons. The van der Waals surface area contributed by atoms with Crippen LogP contribution < -0.4 is 10.9 Å². The highest BCUT2D eigenvalue weighted by atomic mass is 32.2. The van der Waals surface area contributed by atoms with Crippen molar-refractivity contribution in [3.05, 3.63) is 51.6 Å². The van der Waals surface area contributed by atoms with Crippen LogP contribution in [0.1, 0.15) is 5.56 Å². The maximum atomic E-state index is 12.3. The van der Waals surface area contributed by atoms with E-state index in [9.17, 15) is 9.59 Å². The lowest BCUT2D eigenvalue weighted by Crippen LogP contribution is -2.21. The first kappa shape index (κ1) is 16.2. The van der Waals surface area contributed by atoms with Gasteiger partial charge in [0.05, 0.1) is 22.2 Å². The van der Waals surface area contributed by atoms with E-state index in [1.165, 1.54) is 27.7 Å². The van der Waals surface area contributed by atoms with Crippen LogP contribution >= 0.6 is 23.1 Å². The van der Waals surface area contributed by atoms with Gasteiger partial charge in [-0.05, 0) is 23.6 Å². The third-order valence-corrected chi connectivity index (χ3v) is 5.17. The Kier molecular flexibility index (Phi) is 4.64. The van der Waals surface area contributed by atoms with Gasteiger partial charge in [-0.25, -0.2) is 4.98 Å². The molecule has 2 aromatic heterocycles. The molecule has 1 aromatic carbocycles. The zero-order chi connectivity index (χ0) is 17.1. The van der Waals surface area contributed by atoms with E-state index in [-0.39, 0.29) is 17.2 Å². The number of carbonyl (C=O) groups excluding carboxylic acids is 1. The molecular weight excluding hydrogens is 344 g/mol. The minimum atomic E-state index is -0.249. The van der Waals surface area contributed by atoms with Crippen LogP contribution in [0.2, 0.25) is 0 Å². The number of hydrogen-bond donors (Lipinski definition) is 1. The molecule has 0 aliphatic rings. The predicted octanol–water partition coefficient (Wildman–Crippen LogP) is 2.60. The maximum Gasteiger partial charge on any atom is 0.261 e. The molecule has 0 unspecified atom stereocenters. The van der Waals surface area contributed by atoms with Crippen molar-refractivity contribution >= 4 is 44.9 Å². The molecular formula is C16H12N4O2S2. The molecule has 6 nitrogen and oxygen atoms in total. The first-order valence-electron chi connectivity index (χ1n) is 6.96. The van der Waals surface area contributed by atoms with Gasteiger partial charge < -0.3 is 5.32 Å². The summed E-state index contributed by atoms with van der Waals surface area (Å²) in [7, 11) is 1.63. The first-order chi connectivity index (χ1) is 11.6. The molecule has 0 aliphatic carbocycles. The summed E-state index contributed by atoms with van der Waals surface area (Å²) in [4.78, 5) is 28.8. The SMILES string of the molecule is Cn1c(SCC(=O)Nc2sccc2C#N)nc2ccccc2c1=O. The van der Waals surface area contributed by atoms with Crippen LogP contribution in [0.4, 0.5) is 5.00 Å². The summed E-state index contributed by atoms with van der Waals surface area (Å²) in [6.45, 7) is 0. The molecule has 24 heavy (non-hydrogen) atoms. The minimum absolute atomic E-state index is 0.0986. The number of nitrogens with zero attached hydrogens (tertiary/aromatic N) is 3. The van der Waals surface area contributed by atoms with Crippen LogP contribution in [0, 0.1) is 11.3 Å². The highest BCUT2D eigenvalue weighted by Gasteiger charge is 2.12. The number of thiophene rings is 1. The van der Waals surface area contributed by atoms with Gasteiger partial charge in [-0.1, -0.05) is 23.9 Å². The number of nitriles is 1. The van der Waals surface area contributed by atoms with Gasteiger partial charge >= 0.3 is 0 Å². The quantitative estimate of drug-likeness (QED) is 0.573. The average Bonchev–Trinajstić information content (AvgIpc) is 3.04. The number of carbonyl (C=O) groups is 1. The smallest absolute Gasteiger partial charge is 0.261 e. The van der Waals surface area contributed by atoms with Gasteiger partial charge in [0.2, 0.25) is 5.91 Å². The van der Waals surface area contributed by atoms with E-state index in [0.29, 0.717) is 26.6 Å². The third kappa shape index (κ3) is 3.18. The molecule has 0 aliphatic heterocycles. The molecule has 0 atom stereocenters. The molecule has 8 heteroatoms. The molecule has 1 amide bonds. The molecule has 1 N–H and O–H groups in total. The summed E-state index contributed by atoms with van der Waals surface area (Å²) < 4.78 is 1.44. The van der Waals surface area contributed by atoms with Crippen molar-refractivity contribution in [1.82, 2.24) is 9.55 Å². The second-order valence-electron chi connectivity index (χ2n) is 4.89. The first-order valence-corrected chi connectivity index (χ1v) is 8.82. The fourth-order valence-electron chi connectivity index (χ4n) is 2.11. The monoisotopic (exact) mass is 356 g/mol. The van der Waals surface area contributed by atoms with E-state index >= 15 is 0 Å². The second kappa shape index (κ2) is 6.86. The Morgan fingerprint density at radius 2 is 2.21 bits per heavy atom. The van der Waals surface area contributed by atoms with Gasteiger partial charge in [-0.2, -0.15) is 5.26 Å². The molecule has 0 saturated carbocycles. The highest BCUT2D eigenvalue weighted by molar-refractivity contribution is 7.99. The van der Waals surface area contributed by atoms with Crippen LogP contribution in [-0.2, 0) is 11.8 Å². The topological polar surface area (TPSA) is 87.8 Å². The van der Waals surface area contributed by atoms with Crippen molar-refractivity contribution in [2.45, 2.75) is 5.16 Å². The number of benzene rings is 1. The van der Waals surface area contributed by atoms with Gasteiger partial charge in [-0.3, -0.25) is 14.2 Å². The zero-order valence-electron chi connectivity index (χ0n) is 12.6. The summed E-state index contributed by atoms with van der Waals surface area (Å²) in [5.74, 6) is -0.150. The number of aromatic nitrogens is 2. The standard InChI is InChI=1S/C16H12N4O2S2/c1-20-15(22)11-4-2-3-5-12(11)18-16(20)24-9-13(21)19-14-10(8-17)6-7-23-14/h2-7H,9H2,1H3,(H,19,21). The number of amides is 1. The van der Waals surface area contributed by atoms with Crippen LogP contribution in [0.25, 0.3) is 10.9 Å². The number of hydrogen-bond acceptors (Lipinski definition) is 6. The van der Waals surface area contributed by atoms with Crippen LogP contribution in [0.15, 0.2) is 45.7 Å². The molecule has 3 rings (SSSR count). The van der Waals surface area contributed by atoms with E-state index in [0.717, 1.165) is 0 Å². The van der Waals surface area contributed by atoms with Gasteiger partial charge in [0, 0.05) is 7.05 Å². The number of para-hydroxylation sites is 1. The Labute approximate surface area is 145 Å². The molecule has 2 heterocycles. The van der Waals surface area contributed by atoms with Crippen LogP contribution in [0.5, 0.6) is 0 Å². The van der Waals surface area contributed by atoms with E-state index in [4.69, 9.17) is 5.26 Å². The lowest BCUT2D eigenvalue weighted by atomic mass is 10.2. The van der Waals surface area contributed by atoms with Gasteiger partial charge in [-0.15, -0.1) is 11.3 Å². The van der Waals surface area contributed by atoms with Gasteiger partial charge in [0.1, 0.15) is 11.1 Å². The summed E-state index contributed by atoms with van der Waals surface area (Å²) in [6, 6.07) is 10.8. The molecule has 3 aromatic rings. The van der Waals surface area contributed by atoms with Crippen molar-refractivity contribution in [2.24, 2.45) is 7.05 Å². The Hall–Kier alpha value is -2.63. The van der Waals surface area contributed by atoms with Crippen molar-refractivity contribution in [1.29, 1.82) is 5.26 Å². The molecule has 0 spiro atoms.